The molecule has 0 unspecified atom stereocenters. The average molecular weight is 140 g/mol. The first-order valence-corrected chi connectivity index (χ1v) is 3.66. The third kappa shape index (κ3) is 1.99. The highest BCUT2D eigenvalue weighted by atomic mass is 32.2. The molecule has 0 saturated carbocycles. The minimum Gasteiger partial charge on any atom is -0.194 e. The second-order valence-electron chi connectivity index (χ2n) is 1.92. The minimum absolute atomic E-state index is 0.558. The molecule has 0 aliphatic carbocycles. The highest BCUT2D eigenvalue weighted by Crippen LogP contribution is 2.33. The van der Waals surface area contributed by atoms with Crippen molar-refractivity contribution in [3.8, 4) is 0 Å². The van der Waals surface area contributed by atoms with Crippen molar-refractivity contribution >= 4 is 11.8 Å². The van der Waals surface area contributed by atoms with E-state index < -0.39 is 11.2 Å². The van der Waals surface area contributed by atoms with Gasteiger partial charge in [-0.05, 0) is 6.26 Å². The second kappa shape index (κ2) is 2.67. The van der Waals surface area contributed by atoms with Crippen LogP contribution in [-0.4, -0.2) is 11.5 Å². The van der Waals surface area contributed by atoms with Crippen molar-refractivity contribution in [1.82, 2.24) is 0 Å². The highest BCUT2D eigenvalue weighted by Gasteiger charge is 2.31. The zero-order valence-electron chi connectivity index (χ0n) is 5.24. The van der Waals surface area contributed by atoms with Crippen LogP contribution in [0.3, 0.4) is 0 Å². The standard InChI is InChI=1S/C5H10F2S/c1-4(2)5(6,7)8-3/h4H,1-3H3. The van der Waals surface area contributed by atoms with E-state index in [1.807, 2.05) is 0 Å². The summed E-state index contributed by atoms with van der Waals surface area (Å²) >= 11 is 0.602. The van der Waals surface area contributed by atoms with Gasteiger partial charge in [0.1, 0.15) is 0 Å². The van der Waals surface area contributed by atoms with E-state index in [4.69, 9.17) is 0 Å². The first-order chi connectivity index (χ1) is 3.50. The predicted octanol–water partition coefficient (Wildman–Crippen LogP) is 2.60. The molecule has 0 atom stereocenters. The van der Waals surface area contributed by atoms with Crippen LogP contribution in [-0.2, 0) is 0 Å². The molecule has 3 heteroatoms. The maximum atomic E-state index is 12.2. The summed E-state index contributed by atoms with van der Waals surface area (Å²) in [5.41, 5.74) is 0. The summed E-state index contributed by atoms with van der Waals surface area (Å²) in [6.45, 7) is 3.02. The number of halogens is 2. The van der Waals surface area contributed by atoms with Crippen LogP contribution in [0, 0.1) is 5.92 Å². The van der Waals surface area contributed by atoms with Crippen molar-refractivity contribution in [3.05, 3.63) is 0 Å². The van der Waals surface area contributed by atoms with E-state index in [1.165, 1.54) is 20.1 Å². The van der Waals surface area contributed by atoms with Crippen LogP contribution in [0.1, 0.15) is 13.8 Å². The molecule has 0 N–H and O–H groups in total. The molecule has 0 aromatic carbocycles. The van der Waals surface area contributed by atoms with E-state index >= 15 is 0 Å². The van der Waals surface area contributed by atoms with Gasteiger partial charge in [0.05, 0.1) is 0 Å². The van der Waals surface area contributed by atoms with Gasteiger partial charge < -0.3 is 0 Å². The Hall–Kier alpha value is 0.210. The monoisotopic (exact) mass is 140 g/mol. The Balaban J connectivity index is 3.71. The van der Waals surface area contributed by atoms with E-state index in [0.29, 0.717) is 11.8 Å². The van der Waals surface area contributed by atoms with Gasteiger partial charge in [0, 0.05) is 5.92 Å². The summed E-state index contributed by atoms with van der Waals surface area (Å²) in [6, 6.07) is 0. The lowest BCUT2D eigenvalue weighted by Crippen LogP contribution is -2.17. The maximum Gasteiger partial charge on any atom is 0.295 e. The Labute approximate surface area is 52.7 Å². The van der Waals surface area contributed by atoms with Crippen molar-refractivity contribution in [3.63, 3.8) is 0 Å². The summed E-state index contributed by atoms with van der Waals surface area (Å²) in [6.07, 6.45) is 1.42. The lowest BCUT2D eigenvalue weighted by atomic mass is 10.2. The Morgan fingerprint density at radius 2 is 1.75 bits per heavy atom. The van der Waals surface area contributed by atoms with Crippen molar-refractivity contribution in [2.45, 2.75) is 19.1 Å². The van der Waals surface area contributed by atoms with E-state index in [2.05, 4.69) is 0 Å². The number of hydrogen-bond donors (Lipinski definition) is 0. The largest absolute Gasteiger partial charge is 0.295 e. The van der Waals surface area contributed by atoms with Crippen LogP contribution in [0.4, 0.5) is 8.78 Å². The lowest BCUT2D eigenvalue weighted by molar-refractivity contribution is 0.0551. The molecular formula is C5H10F2S. The smallest absolute Gasteiger partial charge is 0.194 e. The van der Waals surface area contributed by atoms with E-state index in [1.54, 1.807) is 0 Å². The Morgan fingerprint density at radius 1 is 1.38 bits per heavy atom. The Morgan fingerprint density at radius 3 is 1.75 bits per heavy atom. The van der Waals surface area contributed by atoms with Crippen LogP contribution >= 0.6 is 11.8 Å². The third-order valence-electron chi connectivity index (χ3n) is 0.944. The normalized spacial score (nSPS) is 12.8. The van der Waals surface area contributed by atoms with Crippen molar-refractivity contribution in [2.75, 3.05) is 6.26 Å². The molecule has 0 saturated heterocycles. The summed E-state index contributed by atoms with van der Waals surface area (Å²) in [5.74, 6) is -0.558. The quantitative estimate of drug-likeness (QED) is 0.568. The topological polar surface area (TPSA) is 0 Å². The molecule has 0 aromatic heterocycles. The fourth-order valence-corrected chi connectivity index (χ4v) is 0.707. The van der Waals surface area contributed by atoms with Gasteiger partial charge in [-0.2, -0.15) is 8.78 Å². The fourth-order valence-electron chi connectivity index (χ4n) is 0.236. The van der Waals surface area contributed by atoms with Crippen LogP contribution in [0.15, 0.2) is 0 Å². The van der Waals surface area contributed by atoms with Crippen LogP contribution < -0.4 is 0 Å². The lowest BCUT2D eigenvalue weighted by Gasteiger charge is -2.16. The highest BCUT2D eigenvalue weighted by molar-refractivity contribution is 7.99. The van der Waals surface area contributed by atoms with Gasteiger partial charge in [0.25, 0.3) is 5.25 Å². The van der Waals surface area contributed by atoms with Gasteiger partial charge in [-0.15, -0.1) is 0 Å². The van der Waals surface area contributed by atoms with Gasteiger partial charge >= 0.3 is 0 Å². The van der Waals surface area contributed by atoms with Crippen LogP contribution in [0.5, 0.6) is 0 Å². The fraction of sp³-hybridized carbons (Fsp3) is 1.00. The molecule has 0 aliphatic heterocycles. The summed E-state index contributed by atoms with van der Waals surface area (Å²) in [4.78, 5) is 0. The van der Waals surface area contributed by atoms with E-state index in [9.17, 15) is 8.78 Å². The summed E-state index contributed by atoms with van der Waals surface area (Å²) in [7, 11) is 0. The molecule has 0 amide bonds. The Bertz CT molecular complexity index is 70.8. The maximum absolute atomic E-state index is 12.2. The first-order valence-electron chi connectivity index (χ1n) is 2.43. The zero-order chi connectivity index (χ0) is 6.78. The molecule has 0 rings (SSSR count). The van der Waals surface area contributed by atoms with Gasteiger partial charge in [-0.3, -0.25) is 0 Å². The van der Waals surface area contributed by atoms with Crippen molar-refractivity contribution < 1.29 is 8.78 Å². The molecule has 8 heavy (non-hydrogen) atoms. The van der Waals surface area contributed by atoms with Crippen LogP contribution in [0.2, 0.25) is 0 Å². The average Bonchev–Trinajstić information content (AvgIpc) is 1.67. The molecule has 0 radical (unpaired) electrons. The molecular weight excluding hydrogens is 130 g/mol. The van der Waals surface area contributed by atoms with Crippen molar-refractivity contribution in [2.24, 2.45) is 5.92 Å². The number of rotatable bonds is 2. The minimum atomic E-state index is -2.54. The second-order valence-corrected chi connectivity index (χ2v) is 2.87. The van der Waals surface area contributed by atoms with Gasteiger partial charge in [-0.25, -0.2) is 0 Å². The third-order valence-corrected chi connectivity index (χ3v) is 1.96. The summed E-state index contributed by atoms with van der Waals surface area (Å²) < 4.78 is 24.5. The number of hydrogen-bond acceptors (Lipinski definition) is 1. The van der Waals surface area contributed by atoms with Gasteiger partial charge in [-0.1, -0.05) is 25.6 Å². The van der Waals surface area contributed by atoms with E-state index in [-0.39, 0.29) is 0 Å². The molecule has 50 valence electrons. The molecule has 0 aromatic rings. The number of alkyl halides is 2. The number of thioether (sulfide) groups is 1. The van der Waals surface area contributed by atoms with Gasteiger partial charge in [0.2, 0.25) is 0 Å². The molecule has 0 aliphatic rings. The zero-order valence-corrected chi connectivity index (χ0v) is 6.06. The van der Waals surface area contributed by atoms with Gasteiger partial charge in [0.15, 0.2) is 0 Å². The molecule has 0 bridgehead atoms. The SMILES string of the molecule is CSC(F)(F)C(C)C. The predicted molar refractivity (Wildman–Crippen MR) is 33.3 cm³/mol. The summed E-state index contributed by atoms with van der Waals surface area (Å²) in [5, 5.41) is -2.54. The van der Waals surface area contributed by atoms with Crippen LogP contribution in [0.25, 0.3) is 0 Å². The Kier molecular flexibility index (Phi) is 2.74. The molecule has 0 spiro atoms. The van der Waals surface area contributed by atoms with Crippen molar-refractivity contribution in [1.29, 1.82) is 0 Å². The first kappa shape index (κ1) is 8.21. The molecule has 0 fully saturated rings. The molecule has 0 heterocycles. The van der Waals surface area contributed by atoms with E-state index in [0.717, 1.165) is 0 Å². The molecule has 0 nitrogen and oxygen atoms in total.